The third-order valence-corrected chi connectivity index (χ3v) is 8.59. The van der Waals surface area contributed by atoms with Crippen LogP contribution in [0.2, 0.25) is 0 Å². The van der Waals surface area contributed by atoms with E-state index in [0.717, 1.165) is 45.1 Å². The van der Waals surface area contributed by atoms with Crippen molar-refractivity contribution in [3.05, 3.63) is 72.3 Å². The van der Waals surface area contributed by atoms with Crippen LogP contribution in [0.15, 0.2) is 55.1 Å². The number of nitrogens with one attached hydrogen (secondary N) is 1. The van der Waals surface area contributed by atoms with Crippen molar-refractivity contribution in [2.75, 3.05) is 42.9 Å². The molecule has 3 aliphatic rings. The lowest BCUT2D eigenvalue weighted by molar-refractivity contribution is -0.0180. The van der Waals surface area contributed by atoms with E-state index in [1.807, 2.05) is 0 Å². The van der Waals surface area contributed by atoms with E-state index in [0.29, 0.717) is 17.9 Å². The maximum Gasteiger partial charge on any atom is 0.137 e. The minimum Gasteiger partial charge on any atom is -0.382 e. The number of aromatic nitrogens is 3. The number of aliphatic hydroxyl groups is 1. The van der Waals surface area contributed by atoms with Crippen molar-refractivity contribution >= 4 is 11.4 Å². The fourth-order valence-electron chi connectivity index (χ4n) is 6.84. The Morgan fingerprint density at radius 3 is 2.34 bits per heavy atom. The summed E-state index contributed by atoms with van der Waals surface area (Å²) in [5.74, 6) is -0.366. The second-order valence-corrected chi connectivity index (χ2v) is 11.4. The van der Waals surface area contributed by atoms with Gasteiger partial charge in [0.15, 0.2) is 0 Å². The number of rotatable bonds is 8. The minimum absolute atomic E-state index is 0.0407. The van der Waals surface area contributed by atoms with E-state index in [9.17, 15) is 13.9 Å². The molecule has 1 saturated carbocycles. The van der Waals surface area contributed by atoms with Crippen LogP contribution < -0.4 is 10.2 Å². The molecule has 1 aromatic heterocycles. The lowest BCUT2D eigenvalue weighted by atomic mass is 9.92. The molecule has 7 nitrogen and oxygen atoms in total. The van der Waals surface area contributed by atoms with Gasteiger partial charge >= 0.3 is 0 Å². The van der Waals surface area contributed by atoms with Crippen LogP contribution >= 0.6 is 0 Å². The molecule has 3 fully saturated rings. The van der Waals surface area contributed by atoms with Crippen LogP contribution in [0.25, 0.3) is 0 Å². The van der Waals surface area contributed by atoms with Crippen LogP contribution in [0, 0.1) is 23.5 Å². The van der Waals surface area contributed by atoms with Gasteiger partial charge in [-0.25, -0.2) is 18.4 Å². The number of anilines is 2. The van der Waals surface area contributed by atoms with Crippen LogP contribution in [-0.4, -0.2) is 63.5 Å². The average Bonchev–Trinajstić information content (AvgIpc) is 3.62. The SMILES string of the molecule is OC(CN1C[C@H]2CC(Nc3ccc(N4CCCCC4)cc3)C[C@H]2C1)(Cn1cncn1)c1ccc(F)cc1F. The molecular formula is C29H36F2N6O. The van der Waals surface area contributed by atoms with E-state index in [4.69, 9.17) is 0 Å². The fraction of sp³-hybridized carbons (Fsp3) is 0.517. The molecule has 2 saturated heterocycles. The van der Waals surface area contributed by atoms with Crippen molar-refractivity contribution in [3.63, 3.8) is 0 Å². The van der Waals surface area contributed by atoms with Gasteiger partial charge in [0.1, 0.15) is 29.9 Å². The number of β-amino-alcohol motifs (C(OH)–C–C–N with tert-alkyl or cyclic N) is 1. The first-order valence-corrected chi connectivity index (χ1v) is 13.8. The standard InChI is InChI=1S/C29H36F2N6O/c30-23-4-9-27(28(31)14-23)29(38,18-37-20-32-19-33-37)17-35-15-21-12-25(13-22(21)16-35)34-24-5-7-26(8-6-24)36-10-2-1-3-11-36/h4-9,14,19-22,25,34,38H,1-3,10-13,15-18H2/t21-,22+,25?,29?. The summed E-state index contributed by atoms with van der Waals surface area (Å²) in [6.07, 6.45) is 8.92. The van der Waals surface area contributed by atoms with E-state index >= 15 is 0 Å². The Kier molecular flexibility index (Phi) is 7.05. The maximum atomic E-state index is 14.8. The molecule has 0 radical (unpaired) electrons. The number of hydrogen-bond acceptors (Lipinski definition) is 6. The van der Waals surface area contributed by atoms with Gasteiger partial charge < -0.3 is 15.3 Å². The Bertz CT molecular complexity index is 1200. The lowest BCUT2D eigenvalue weighted by Gasteiger charge is -2.33. The summed E-state index contributed by atoms with van der Waals surface area (Å²) < 4.78 is 29.9. The fourth-order valence-corrected chi connectivity index (χ4v) is 6.84. The molecular weight excluding hydrogens is 486 g/mol. The van der Waals surface area contributed by atoms with Gasteiger partial charge in [0.25, 0.3) is 0 Å². The molecule has 1 aliphatic carbocycles. The second-order valence-electron chi connectivity index (χ2n) is 11.4. The zero-order chi connectivity index (χ0) is 26.1. The van der Waals surface area contributed by atoms with Gasteiger partial charge in [0.2, 0.25) is 0 Å². The number of piperidine rings is 1. The number of hydrogen-bond donors (Lipinski definition) is 2. The molecule has 202 valence electrons. The molecule has 6 rings (SSSR count). The average molecular weight is 523 g/mol. The Labute approximate surface area is 222 Å². The molecule has 9 heteroatoms. The van der Waals surface area contributed by atoms with Crippen molar-refractivity contribution in [2.24, 2.45) is 11.8 Å². The molecule has 0 bridgehead atoms. The monoisotopic (exact) mass is 522 g/mol. The first-order chi connectivity index (χ1) is 18.4. The molecule has 0 amide bonds. The van der Waals surface area contributed by atoms with Gasteiger partial charge in [0.05, 0.1) is 6.54 Å². The highest BCUT2D eigenvalue weighted by Gasteiger charge is 2.44. The predicted octanol–water partition coefficient (Wildman–Crippen LogP) is 4.26. The van der Waals surface area contributed by atoms with Gasteiger partial charge in [-0.2, -0.15) is 5.10 Å². The smallest absolute Gasteiger partial charge is 0.137 e. The molecule has 38 heavy (non-hydrogen) atoms. The van der Waals surface area contributed by atoms with Gasteiger partial charge in [0, 0.05) is 61.8 Å². The summed E-state index contributed by atoms with van der Waals surface area (Å²) in [5.41, 5.74) is 1.00. The van der Waals surface area contributed by atoms with Gasteiger partial charge in [-0.1, -0.05) is 6.07 Å². The molecule has 3 aromatic rings. The van der Waals surface area contributed by atoms with Crippen molar-refractivity contribution in [3.8, 4) is 0 Å². The number of likely N-dealkylation sites (tertiary alicyclic amines) is 1. The van der Waals surface area contributed by atoms with Crippen LogP contribution in [0.5, 0.6) is 0 Å². The Balaban J connectivity index is 1.07. The van der Waals surface area contributed by atoms with Gasteiger partial charge in [-0.05, 0) is 74.3 Å². The predicted molar refractivity (Wildman–Crippen MR) is 143 cm³/mol. The summed E-state index contributed by atoms with van der Waals surface area (Å²) in [5, 5.41) is 19.6. The zero-order valence-corrected chi connectivity index (χ0v) is 21.6. The molecule has 2 aliphatic heterocycles. The van der Waals surface area contributed by atoms with Gasteiger partial charge in [-0.3, -0.25) is 4.90 Å². The van der Waals surface area contributed by atoms with E-state index < -0.39 is 17.2 Å². The quantitative estimate of drug-likeness (QED) is 0.461. The highest BCUT2D eigenvalue weighted by molar-refractivity contribution is 5.55. The Morgan fingerprint density at radius 1 is 0.947 bits per heavy atom. The molecule has 0 spiro atoms. The summed E-state index contributed by atoms with van der Waals surface area (Å²) in [4.78, 5) is 8.65. The van der Waals surface area contributed by atoms with Crippen molar-refractivity contribution in [1.29, 1.82) is 0 Å². The molecule has 2 unspecified atom stereocenters. The first-order valence-electron chi connectivity index (χ1n) is 13.8. The first kappa shape index (κ1) is 25.2. The normalized spacial score (nSPS) is 25.3. The maximum absolute atomic E-state index is 14.8. The summed E-state index contributed by atoms with van der Waals surface area (Å²) in [6, 6.07) is 12.7. The van der Waals surface area contributed by atoms with Crippen LogP contribution in [0.1, 0.15) is 37.7 Å². The molecule has 2 N–H and O–H groups in total. The summed E-state index contributed by atoms with van der Waals surface area (Å²) >= 11 is 0. The third kappa shape index (κ3) is 5.40. The van der Waals surface area contributed by atoms with Crippen LogP contribution in [0.3, 0.4) is 0 Å². The number of fused-ring (bicyclic) bond motifs is 1. The van der Waals surface area contributed by atoms with E-state index in [1.165, 1.54) is 60.1 Å². The lowest BCUT2D eigenvalue weighted by Crippen LogP contribution is -2.44. The molecule has 3 heterocycles. The highest BCUT2D eigenvalue weighted by Crippen LogP contribution is 2.41. The topological polar surface area (TPSA) is 69.5 Å². The molecule has 2 aromatic carbocycles. The summed E-state index contributed by atoms with van der Waals surface area (Å²) in [6.45, 7) is 4.28. The minimum atomic E-state index is -1.56. The summed E-state index contributed by atoms with van der Waals surface area (Å²) in [7, 11) is 0. The molecule has 4 atom stereocenters. The number of nitrogens with zero attached hydrogens (tertiary/aromatic N) is 5. The van der Waals surface area contributed by atoms with E-state index in [1.54, 1.807) is 0 Å². The van der Waals surface area contributed by atoms with Crippen molar-refractivity contribution in [2.45, 2.75) is 50.3 Å². The van der Waals surface area contributed by atoms with Crippen LogP contribution in [0.4, 0.5) is 20.2 Å². The second kappa shape index (κ2) is 10.6. The highest BCUT2D eigenvalue weighted by atomic mass is 19.1. The largest absolute Gasteiger partial charge is 0.382 e. The van der Waals surface area contributed by atoms with Crippen LogP contribution in [-0.2, 0) is 12.1 Å². The van der Waals surface area contributed by atoms with E-state index in [2.05, 4.69) is 49.5 Å². The zero-order valence-electron chi connectivity index (χ0n) is 21.6. The third-order valence-electron chi connectivity index (χ3n) is 8.59. The van der Waals surface area contributed by atoms with E-state index in [-0.39, 0.29) is 18.7 Å². The number of halogens is 2. The Morgan fingerprint density at radius 2 is 1.68 bits per heavy atom. The Hall–Kier alpha value is -3.04. The van der Waals surface area contributed by atoms with Crippen molar-refractivity contribution in [1.82, 2.24) is 19.7 Å². The van der Waals surface area contributed by atoms with Crippen molar-refractivity contribution < 1.29 is 13.9 Å². The number of benzene rings is 2. The van der Waals surface area contributed by atoms with Gasteiger partial charge in [-0.15, -0.1) is 0 Å².